The van der Waals surface area contributed by atoms with Crippen LogP contribution >= 0.6 is 0 Å². The van der Waals surface area contributed by atoms with Gasteiger partial charge in [-0.05, 0) is 48.7 Å². The second-order valence-corrected chi connectivity index (χ2v) is 7.15. The van der Waals surface area contributed by atoms with Crippen LogP contribution < -0.4 is 10.1 Å². The number of aliphatic hydroxyl groups is 2. The van der Waals surface area contributed by atoms with Crippen LogP contribution in [0.5, 0.6) is 5.75 Å². The zero-order valence-electron chi connectivity index (χ0n) is 16.6. The molecule has 3 aromatic rings. The molecule has 1 aliphatic carbocycles. The number of allylic oxidation sites excluding steroid dienone is 1. The number of halogens is 3. The fraction of sp³-hybridized carbons (Fsp3) is 0.286. The maximum Gasteiger partial charge on any atom is 0.573 e. The summed E-state index contributed by atoms with van der Waals surface area (Å²) in [6.45, 7) is -0.502. The molecule has 1 unspecified atom stereocenters. The number of aromatic nitrogens is 3. The summed E-state index contributed by atoms with van der Waals surface area (Å²) in [5.41, 5.74) is 2.15. The molecular formula is C21H19F3N4O4. The molecule has 8 nitrogen and oxygen atoms in total. The third kappa shape index (κ3) is 4.43. The van der Waals surface area contributed by atoms with Crippen molar-refractivity contribution in [2.75, 3.05) is 6.61 Å². The molecule has 1 amide bonds. The van der Waals surface area contributed by atoms with Crippen molar-refractivity contribution in [3.63, 3.8) is 0 Å². The van der Waals surface area contributed by atoms with E-state index in [-0.39, 0.29) is 18.2 Å². The lowest BCUT2D eigenvalue weighted by Crippen LogP contribution is -2.26. The van der Waals surface area contributed by atoms with Gasteiger partial charge in [-0.1, -0.05) is 6.08 Å². The lowest BCUT2D eigenvalue weighted by Gasteiger charge is -2.14. The fourth-order valence-electron chi connectivity index (χ4n) is 3.38. The van der Waals surface area contributed by atoms with Crippen molar-refractivity contribution >= 4 is 16.9 Å². The van der Waals surface area contributed by atoms with Crippen LogP contribution in [0.3, 0.4) is 0 Å². The Morgan fingerprint density at radius 1 is 1.25 bits per heavy atom. The number of hydrogen-bond acceptors (Lipinski definition) is 6. The normalized spacial score (nSPS) is 14.6. The Bertz CT molecular complexity index is 1170. The molecule has 0 bridgehead atoms. The van der Waals surface area contributed by atoms with Crippen LogP contribution in [-0.4, -0.2) is 43.9 Å². The SMILES string of the molecule is O=C(NCc1nn(-c2ccc(OC(F)(F)F)cc2)c2nccc(C(O)CO)c12)C1=CCC1. The average Bonchev–Trinajstić information content (AvgIpc) is 3.08. The third-order valence-electron chi connectivity index (χ3n) is 5.03. The van der Waals surface area contributed by atoms with Crippen LogP contribution in [-0.2, 0) is 11.3 Å². The number of alkyl halides is 3. The van der Waals surface area contributed by atoms with Crippen molar-refractivity contribution in [2.45, 2.75) is 31.9 Å². The predicted octanol–water partition coefficient (Wildman–Crippen LogP) is 2.68. The molecule has 4 rings (SSSR count). The Morgan fingerprint density at radius 2 is 1.97 bits per heavy atom. The second kappa shape index (κ2) is 8.60. The smallest absolute Gasteiger partial charge is 0.406 e. The Hall–Kier alpha value is -3.44. The van der Waals surface area contributed by atoms with E-state index in [2.05, 4.69) is 20.1 Å². The molecular weight excluding hydrogens is 429 g/mol. The number of benzene rings is 1. The number of nitrogens with zero attached hydrogens (tertiary/aromatic N) is 3. The van der Waals surface area contributed by atoms with Gasteiger partial charge in [-0.25, -0.2) is 9.67 Å². The van der Waals surface area contributed by atoms with Gasteiger partial charge in [-0.3, -0.25) is 4.79 Å². The number of fused-ring (bicyclic) bond motifs is 1. The summed E-state index contributed by atoms with van der Waals surface area (Å²) < 4.78 is 42.6. The molecule has 11 heteroatoms. The number of ether oxygens (including phenoxy) is 1. The molecule has 2 heterocycles. The van der Waals surface area contributed by atoms with Gasteiger partial charge in [0, 0.05) is 11.8 Å². The molecule has 3 N–H and O–H groups in total. The summed E-state index contributed by atoms with van der Waals surface area (Å²) in [5.74, 6) is -0.607. The Labute approximate surface area is 179 Å². The molecule has 168 valence electrons. The van der Waals surface area contributed by atoms with Crippen LogP contribution in [0.15, 0.2) is 48.2 Å². The average molecular weight is 448 g/mol. The van der Waals surface area contributed by atoms with Gasteiger partial charge < -0.3 is 20.3 Å². The highest BCUT2D eigenvalue weighted by Gasteiger charge is 2.31. The topological polar surface area (TPSA) is 110 Å². The van der Waals surface area contributed by atoms with Crippen molar-refractivity contribution in [3.05, 3.63) is 59.4 Å². The number of carbonyl (C=O) groups excluding carboxylic acids is 1. The molecule has 0 fully saturated rings. The number of pyridine rings is 1. The molecule has 2 aromatic heterocycles. The highest BCUT2D eigenvalue weighted by atomic mass is 19.4. The zero-order chi connectivity index (χ0) is 22.9. The van der Waals surface area contributed by atoms with E-state index in [0.29, 0.717) is 40.0 Å². The summed E-state index contributed by atoms with van der Waals surface area (Å²) >= 11 is 0. The number of nitrogens with one attached hydrogen (secondary N) is 1. The van der Waals surface area contributed by atoms with Crippen LogP contribution in [0.1, 0.15) is 30.2 Å². The van der Waals surface area contributed by atoms with E-state index >= 15 is 0 Å². The highest BCUT2D eigenvalue weighted by molar-refractivity contribution is 5.95. The van der Waals surface area contributed by atoms with Crippen molar-refractivity contribution in [1.29, 1.82) is 0 Å². The largest absolute Gasteiger partial charge is 0.573 e. The van der Waals surface area contributed by atoms with Gasteiger partial charge in [0.2, 0.25) is 5.91 Å². The first-order valence-electron chi connectivity index (χ1n) is 9.75. The minimum atomic E-state index is -4.81. The minimum Gasteiger partial charge on any atom is -0.406 e. The van der Waals surface area contributed by atoms with Gasteiger partial charge in [0.05, 0.1) is 29.9 Å². The van der Waals surface area contributed by atoms with Gasteiger partial charge >= 0.3 is 6.36 Å². The summed E-state index contributed by atoms with van der Waals surface area (Å²) in [6, 6.07) is 6.59. The molecule has 0 saturated heterocycles. The van der Waals surface area contributed by atoms with Crippen molar-refractivity contribution in [2.24, 2.45) is 0 Å². The van der Waals surface area contributed by atoms with E-state index in [1.54, 1.807) is 0 Å². The van der Waals surface area contributed by atoms with E-state index in [4.69, 9.17) is 0 Å². The lowest BCUT2D eigenvalue weighted by atomic mass is 9.98. The van der Waals surface area contributed by atoms with Crippen LogP contribution in [0.2, 0.25) is 0 Å². The van der Waals surface area contributed by atoms with Gasteiger partial charge in [0.15, 0.2) is 5.65 Å². The molecule has 1 atom stereocenters. The fourth-order valence-corrected chi connectivity index (χ4v) is 3.38. The first kappa shape index (κ1) is 21.8. The van der Waals surface area contributed by atoms with Crippen molar-refractivity contribution < 1.29 is 32.9 Å². The van der Waals surface area contributed by atoms with E-state index in [9.17, 15) is 28.2 Å². The highest BCUT2D eigenvalue weighted by Crippen LogP contribution is 2.29. The predicted molar refractivity (Wildman–Crippen MR) is 107 cm³/mol. The van der Waals surface area contributed by atoms with Gasteiger partial charge in [0.1, 0.15) is 11.9 Å². The summed E-state index contributed by atoms with van der Waals surface area (Å²) in [6.07, 6.45) is -1.20. The molecule has 32 heavy (non-hydrogen) atoms. The molecule has 1 aliphatic rings. The Morgan fingerprint density at radius 3 is 2.56 bits per heavy atom. The minimum absolute atomic E-state index is 0.0335. The summed E-state index contributed by atoms with van der Waals surface area (Å²) in [5, 5.41) is 27.4. The Kier molecular flexibility index (Phi) is 5.85. The van der Waals surface area contributed by atoms with Crippen LogP contribution in [0, 0.1) is 0 Å². The van der Waals surface area contributed by atoms with Gasteiger partial charge in [-0.15, -0.1) is 13.2 Å². The second-order valence-electron chi connectivity index (χ2n) is 7.15. The maximum absolute atomic E-state index is 12.4. The van der Waals surface area contributed by atoms with Crippen LogP contribution in [0.4, 0.5) is 13.2 Å². The monoisotopic (exact) mass is 448 g/mol. The zero-order valence-corrected chi connectivity index (χ0v) is 16.6. The van der Waals surface area contributed by atoms with Gasteiger partial charge in [-0.2, -0.15) is 5.10 Å². The number of carbonyl (C=O) groups is 1. The lowest BCUT2D eigenvalue weighted by molar-refractivity contribution is -0.274. The van der Waals surface area contributed by atoms with Crippen LogP contribution in [0.25, 0.3) is 16.7 Å². The quantitative estimate of drug-likeness (QED) is 0.513. The van der Waals surface area contributed by atoms with Crippen molar-refractivity contribution in [1.82, 2.24) is 20.1 Å². The summed E-state index contributed by atoms with van der Waals surface area (Å²) in [4.78, 5) is 16.5. The number of amides is 1. The van der Waals surface area contributed by atoms with Crippen molar-refractivity contribution in [3.8, 4) is 11.4 Å². The first-order chi connectivity index (χ1) is 15.3. The van der Waals surface area contributed by atoms with E-state index in [1.807, 2.05) is 6.08 Å². The molecule has 0 aliphatic heterocycles. The maximum atomic E-state index is 12.4. The number of hydrogen-bond donors (Lipinski definition) is 3. The number of rotatable bonds is 7. The van der Waals surface area contributed by atoms with E-state index < -0.39 is 19.1 Å². The molecule has 0 radical (unpaired) electrons. The molecule has 1 aromatic carbocycles. The summed E-state index contributed by atoms with van der Waals surface area (Å²) in [7, 11) is 0. The molecule has 0 spiro atoms. The standard InChI is InChI=1S/C21H19F3N4O4/c22-21(23,24)32-14-6-4-13(5-7-14)28-19-18(15(8-9-25-19)17(30)11-29)16(27-28)10-26-20(31)12-2-1-3-12/h2,4-9,17,29-30H,1,3,10-11H2,(H,26,31). The van der Waals surface area contributed by atoms with E-state index in [1.165, 1.54) is 29.1 Å². The molecule has 0 saturated carbocycles. The number of aliphatic hydroxyl groups excluding tert-OH is 2. The third-order valence-corrected chi connectivity index (χ3v) is 5.03. The Balaban J connectivity index is 1.73. The first-order valence-corrected chi connectivity index (χ1v) is 9.75. The van der Waals surface area contributed by atoms with E-state index in [0.717, 1.165) is 18.6 Å². The van der Waals surface area contributed by atoms with Gasteiger partial charge in [0.25, 0.3) is 0 Å².